The van der Waals surface area contributed by atoms with Gasteiger partial charge in [-0.3, -0.25) is 0 Å². The molecule has 0 radical (unpaired) electrons. The lowest BCUT2D eigenvalue weighted by molar-refractivity contribution is 0.870. The van der Waals surface area contributed by atoms with Gasteiger partial charge in [-0.1, -0.05) is 6.07 Å². The molecule has 2 rings (SSSR count). The predicted molar refractivity (Wildman–Crippen MR) is 77.4 cm³/mol. The van der Waals surface area contributed by atoms with E-state index in [1.807, 2.05) is 32.2 Å². The third-order valence-corrected chi connectivity index (χ3v) is 3.37. The van der Waals surface area contributed by atoms with Crippen molar-refractivity contribution in [1.29, 1.82) is 0 Å². The molecule has 2 aromatic rings. The van der Waals surface area contributed by atoms with Crippen LogP contribution in [0.15, 0.2) is 23.6 Å². The Kier molecular flexibility index (Phi) is 4.15. The zero-order valence-corrected chi connectivity index (χ0v) is 11.8. The molecule has 4 nitrogen and oxygen atoms in total. The number of rotatable bonds is 5. The highest BCUT2D eigenvalue weighted by Gasteiger charge is 2.06. The highest BCUT2D eigenvalue weighted by Crippen LogP contribution is 2.16. The Labute approximate surface area is 112 Å². The van der Waals surface area contributed by atoms with E-state index in [1.165, 1.54) is 0 Å². The summed E-state index contributed by atoms with van der Waals surface area (Å²) in [5.74, 6) is 1.87. The van der Waals surface area contributed by atoms with Crippen molar-refractivity contribution >= 4 is 23.0 Å². The Balaban J connectivity index is 2.08. The molecule has 0 fully saturated rings. The summed E-state index contributed by atoms with van der Waals surface area (Å²) in [5.41, 5.74) is 1.09. The van der Waals surface area contributed by atoms with Gasteiger partial charge in [-0.15, -0.1) is 11.3 Å². The number of aryl methyl sites for hydroxylation is 1. The quantitative estimate of drug-likeness (QED) is 0.899. The Hall–Kier alpha value is -1.62. The van der Waals surface area contributed by atoms with E-state index in [1.54, 1.807) is 11.3 Å². The third kappa shape index (κ3) is 3.20. The van der Waals surface area contributed by atoms with Crippen molar-refractivity contribution < 1.29 is 0 Å². The molecule has 2 aromatic heterocycles. The lowest BCUT2D eigenvalue weighted by atomic mass is 10.4. The summed E-state index contributed by atoms with van der Waals surface area (Å²) in [7, 11) is 2.03. The molecule has 0 unspecified atom stereocenters. The molecular weight excluding hydrogens is 244 g/mol. The second-order valence-corrected chi connectivity index (χ2v) is 5.19. The number of nitrogens with zero attached hydrogens (tertiary/aromatic N) is 3. The minimum atomic E-state index is 0.785. The second-order valence-electron chi connectivity index (χ2n) is 4.13. The van der Waals surface area contributed by atoms with Gasteiger partial charge >= 0.3 is 0 Å². The molecule has 96 valence electrons. The van der Waals surface area contributed by atoms with Crippen LogP contribution in [0.5, 0.6) is 0 Å². The van der Waals surface area contributed by atoms with Crippen LogP contribution in [0.25, 0.3) is 0 Å². The maximum Gasteiger partial charge on any atom is 0.131 e. The third-order valence-electron chi connectivity index (χ3n) is 2.55. The summed E-state index contributed by atoms with van der Waals surface area (Å²) in [4.78, 5) is 11.1. The van der Waals surface area contributed by atoms with Crippen LogP contribution >= 0.6 is 11.3 Å². The second kappa shape index (κ2) is 5.82. The zero-order valence-electron chi connectivity index (χ0n) is 11.0. The predicted octanol–water partition coefficient (Wildman–Crippen LogP) is 2.91. The average Bonchev–Trinajstić information content (AvgIpc) is 2.75. The van der Waals surface area contributed by atoms with Gasteiger partial charge < -0.3 is 10.2 Å². The molecule has 0 saturated heterocycles. The summed E-state index contributed by atoms with van der Waals surface area (Å²) in [5, 5.41) is 6.42. The molecule has 18 heavy (non-hydrogen) atoms. The van der Waals surface area contributed by atoms with E-state index in [0.717, 1.165) is 35.4 Å². The average molecular weight is 262 g/mol. The van der Waals surface area contributed by atoms with Gasteiger partial charge in [-0.05, 0) is 26.0 Å². The topological polar surface area (TPSA) is 41.0 Å². The van der Waals surface area contributed by atoms with E-state index in [9.17, 15) is 0 Å². The molecule has 5 heteroatoms. The van der Waals surface area contributed by atoms with Gasteiger partial charge in [-0.2, -0.15) is 0 Å². The lowest BCUT2D eigenvalue weighted by Gasteiger charge is -2.17. The van der Waals surface area contributed by atoms with Crippen LogP contribution in [0.3, 0.4) is 0 Å². The number of hydrogen-bond acceptors (Lipinski definition) is 5. The van der Waals surface area contributed by atoms with E-state index in [2.05, 4.69) is 32.5 Å². The van der Waals surface area contributed by atoms with Crippen molar-refractivity contribution in [3.8, 4) is 0 Å². The van der Waals surface area contributed by atoms with E-state index in [0.29, 0.717) is 0 Å². The van der Waals surface area contributed by atoms with Crippen LogP contribution in [-0.2, 0) is 6.54 Å². The Morgan fingerprint density at radius 3 is 2.83 bits per heavy atom. The zero-order chi connectivity index (χ0) is 13.0. The molecule has 0 amide bonds. The molecule has 0 aromatic carbocycles. The molecule has 0 aliphatic rings. The summed E-state index contributed by atoms with van der Waals surface area (Å²) >= 11 is 1.68. The van der Waals surface area contributed by atoms with Gasteiger partial charge in [0.1, 0.15) is 11.6 Å². The van der Waals surface area contributed by atoms with Crippen molar-refractivity contribution in [2.24, 2.45) is 0 Å². The lowest BCUT2D eigenvalue weighted by Crippen LogP contribution is -2.18. The van der Waals surface area contributed by atoms with Gasteiger partial charge in [0.2, 0.25) is 0 Å². The highest BCUT2D eigenvalue weighted by molar-refractivity contribution is 7.09. The van der Waals surface area contributed by atoms with Crippen LogP contribution < -0.4 is 10.2 Å². The Morgan fingerprint density at radius 1 is 1.33 bits per heavy atom. The molecule has 1 N–H and O–H groups in total. The molecule has 2 heterocycles. The first-order chi connectivity index (χ1) is 8.69. The molecule has 0 aliphatic carbocycles. The van der Waals surface area contributed by atoms with Crippen LogP contribution in [0.1, 0.15) is 17.6 Å². The maximum atomic E-state index is 4.56. The van der Waals surface area contributed by atoms with Crippen LogP contribution in [0, 0.1) is 6.92 Å². The van der Waals surface area contributed by atoms with E-state index in [4.69, 9.17) is 0 Å². The smallest absolute Gasteiger partial charge is 0.131 e. The monoisotopic (exact) mass is 262 g/mol. The van der Waals surface area contributed by atoms with Crippen molar-refractivity contribution in [1.82, 2.24) is 9.97 Å². The molecule has 0 saturated carbocycles. The minimum Gasteiger partial charge on any atom is -0.370 e. The number of nitrogens with one attached hydrogen (secondary N) is 1. The van der Waals surface area contributed by atoms with Crippen molar-refractivity contribution in [3.05, 3.63) is 34.3 Å². The van der Waals surface area contributed by atoms with Gasteiger partial charge in [0.25, 0.3) is 0 Å². The van der Waals surface area contributed by atoms with E-state index in [-0.39, 0.29) is 0 Å². The number of thiazole rings is 1. The summed E-state index contributed by atoms with van der Waals surface area (Å²) < 4.78 is 0. The van der Waals surface area contributed by atoms with Gasteiger partial charge in [0.15, 0.2) is 0 Å². The standard InChI is InChI=1S/C13H18N4S/c1-4-14-12-6-5-7-13(16-12)17(3)8-11-9-18-10(2)15-11/h5-7,9H,4,8H2,1-3H3,(H,14,16). The van der Waals surface area contributed by atoms with Gasteiger partial charge in [-0.25, -0.2) is 9.97 Å². The number of pyridine rings is 1. The molecule has 0 aliphatic heterocycles. The van der Waals surface area contributed by atoms with Crippen LogP contribution in [0.4, 0.5) is 11.6 Å². The first kappa shape index (κ1) is 12.8. The summed E-state index contributed by atoms with van der Waals surface area (Å²) in [6.45, 7) is 5.76. The fourth-order valence-electron chi connectivity index (χ4n) is 1.72. The normalized spacial score (nSPS) is 10.4. The van der Waals surface area contributed by atoms with Gasteiger partial charge in [0, 0.05) is 19.0 Å². The fraction of sp³-hybridized carbons (Fsp3) is 0.385. The molecular formula is C13H18N4S. The number of aromatic nitrogens is 2. The SMILES string of the molecule is CCNc1cccc(N(C)Cc2csc(C)n2)n1. The minimum absolute atomic E-state index is 0.785. The van der Waals surface area contributed by atoms with Gasteiger partial charge in [0.05, 0.1) is 17.2 Å². The summed E-state index contributed by atoms with van der Waals surface area (Å²) in [6.07, 6.45) is 0. The highest BCUT2D eigenvalue weighted by atomic mass is 32.1. The molecule has 0 spiro atoms. The van der Waals surface area contributed by atoms with E-state index >= 15 is 0 Å². The largest absolute Gasteiger partial charge is 0.370 e. The summed E-state index contributed by atoms with van der Waals surface area (Å²) in [6, 6.07) is 6.01. The van der Waals surface area contributed by atoms with Crippen molar-refractivity contribution in [3.63, 3.8) is 0 Å². The fourth-order valence-corrected chi connectivity index (χ4v) is 2.32. The van der Waals surface area contributed by atoms with Crippen molar-refractivity contribution in [2.75, 3.05) is 23.8 Å². The first-order valence-electron chi connectivity index (χ1n) is 6.02. The maximum absolute atomic E-state index is 4.56. The van der Waals surface area contributed by atoms with Crippen LogP contribution in [-0.4, -0.2) is 23.6 Å². The number of anilines is 2. The van der Waals surface area contributed by atoms with Crippen LogP contribution in [0.2, 0.25) is 0 Å². The Bertz CT molecular complexity index is 509. The van der Waals surface area contributed by atoms with Crippen molar-refractivity contribution in [2.45, 2.75) is 20.4 Å². The molecule has 0 atom stereocenters. The Morgan fingerprint density at radius 2 is 2.17 bits per heavy atom. The molecule has 0 bridgehead atoms. The van der Waals surface area contributed by atoms with E-state index < -0.39 is 0 Å². The number of hydrogen-bond donors (Lipinski definition) is 1. The first-order valence-corrected chi connectivity index (χ1v) is 6.90.